The number of nitrogens with one attached hydrogen (secondary N) is 1. The molecule has 0 aliphatic carbocycles. The number of carbonyl (C=O) groups is 2. The van der Waals surface area contributed by atoms with Gasteiger partial charge in [-0.1, -0.05) is 49.5 Å². The van der Waals surface area contributed by atoms with Crippen LogP contribution in [0.15, 0.2) is 18.2 Å². The topological polar surface area (TPSA) is 64.6 Å². The summed E-state index contributed by atoms with van der Waals surface area (Å²) < 4.78 is 10.0. The van der Waals surface area contributed by atoms with Crippen LogP contribution < -0.4 is 10.1 Å². The number of ether oxygens (including phenoxy) is 2. The maximum absolute atomic E-state index is 11.9. The lowest BCUT2D eigenvalue weighted by molar-refractivity contribution is -0.146. The van der Waals surface area contributed by atoms with Gasteiger partial charge in [-0.3, -0.25) is 4.79 Å². The van der Waals surface area contributed by atoms with E-state index in [0.29, 0.717) is 10.8 Å². The van der Waals surface area contributed by atoms with Gasteiger partial charge in [-0.25, -0.2) is 4.79 Å². The monoisotopic (exact) mass is 347 g/mol. The van der Waals surface area contributed by atoms with Gasteiger partial charge >= 0.3 is 5.97 Å². The summed E-state index contributed by atoms with van der Waals surface area (Å²) in [7, 11) is 1.28. The van der Waals surface area contributed by atoms with Crippen molar-refractivity contribution in [3.63, 3.8) is 0 Å². The molecule has 1 aromatic rings. The Morgan fingerprint density at radius 3 is 2.59 bits per heavy atom. The molecule has 0 aliphatic rings. The first-order valence-electron chi connectivity index (χ1n) is 6.84. The minimum atomic E-state index is -0.707. The molecule has 0 saturated carbocycles. The zero-order chi connectivity index (χ0) is 16.7. The van der Waals surface area contributed by atoms with E-state index >= 15 is 0 Å². The highest BCUT2D eigenvalue weighted by Gasteiger charge is 2.26. The maximum atomic E-state index is 11.9. The third-order valence-electron chi connectivity index (χ3n) is 3.26. The van der Waals surface area contributed by atoms with E-state index in [1.54, 1.807) is 18.2 Å². The molecule has 0 unspecified atom stereocenters. The Balaban J connectivity index is 2.64. The Labute approximate surface area is 139 Å². The lowest BCUT2D eigenvalue weighted by Crippen LogP contribution is -2.47. The molecule has 1 amide bonds. The van der Waals surface area contributed by atoms with Crippen molar-refractivity contribution < 1.29 is 19.1 Å². The van der Waals surface area contributed by atoms with Gasteiger partial charge in [0, 0.05) is 0 Å². The molecule has 0 bridgehead atoms. The summed E-state index contributed by atoms with van der Waals surface area (Å²) in [4.78, 5) is 23.6. The summed E-state index contributed by atoms with van der Waals surface area (Å²) in [5, 5.41) is 3.19. The van der Waals surface area contributed by atoms with Crippen molar-refractivity contribution in [2.45, 2.75) is 26.3 Å². The predicted octanol–water partition coefficient (Wildman–Crippen LogP) is 3.08. The number of hydrogen-bond acceptors (Lipinski definition) is 4. The third-order valence-corrected chi connectivity index (χ3v) is 4.06. The molecule has 1 N–H and O–H groups in total. The summed E-state index contributed by atoms with van der Waals surface area (Å²) in [6, 6.07) is 4.18. The average Bonchev–Trinajstić information content (AvgIpc) is 2.52. The fraction of sp³-hybridized carbons (Fsp3) is 0.467. The number of hydrogen-bond donors (Lipinski definition) is 1. The number of halogens is 2. The van der Waals surface area contributed by atoms with Crippen molar-refractivity contribution in [3.8, 4) is 5.75 Å². The highest BCUT2D eigenvalue weighted by atomic mass is 35.5. The SMILES string of the molecule is CC[C@@H](C)[C@@H](NC(=O)COc1cccc(Cl)c1Cl)C(=O)OC. The highest BCUT2D eigenvalue weighted by molar-refractivity contribution is 6.42. The summed E-state index contributed by atoms with van der Waals surface area (Å²) in [6.07, 6.45) is 0.723. The molecule has 0 aromatic heterocycles. The molecule has 0 saturated heterocycles. The van der Waals surface area contributed by atoms with Crippen LogP contribution in [0, 0.1) is 5.92 Å². The van der Waals surface area contributed by atoms with Crippen LogP contribution in [0.25, 0.3) is 0 Å². The Hall–Kier alpha value is -1.46. The van der Waals surface area contributed by atoms with E-state index in [1.165, 1.54) is 7.11 Å². The van der Waals surface area contributed by atoms with Crippen LogP contribution in [0.5, 0.6) is 5.75 Å². The van der Waals surface area contributed by atoms with Crippen molar-refractivity contribution in [3.05, 3.63) is 28.2 Å². The molecule has 2 atom stereocenters. The first-order chi connectivity index (χ1) is 10.4. The van der Waals surface area contributed by atoms with Crippen molar-refractivity contribution in [1.82, 2.24) is 5.32 Å². The fourth-order valence-electron chi connectivity index (χ4n) is 1.75. The standard InChI is InChI=1S/C15H19Cl2NO4/c1-4-9(2)14(15(20)21-3)18-12(19)8-22-11-7-5-6-10(16)13(11)17/h5-7,9,14H,4,8H2,1-3H3,(H,18,19)/t9-,14-/m1/s1. The van der Waals surface area contributed by atoms with Crippen molar-refractivity contribution in [2.75, 3.05) is 13.7 Å². The number of rotatable bonds is 7. The van der Waals surface area contributed by atoms with E-state index in [-0.39, 0.29) is 17.5 Å². The van der Waals surface area contributed by atoms with Gasteiger partial charge in [0.1, 0.15) is 16.8 Å². The van der Waals surface area contributed by atoms with Crippen LogP contribution in [0.4, 0.5) is 0 Å². The second-order valence-electron chi connectivity index (χ2n) is 4.79. The second-order valence-corrected chi connectivity index (χ2v) is 5.58. The molecule has 0 aliphatic heterocycles. The molecular weight excluding hydrogens is 329 g/mol. The van der Waals surface area contributed by atoms with Gasteiger partial charge in [0.2, 0.25) is 0 Å². The highest BCUT2D eigenvalue weighted by Crippen LogP contribution is 2.31. The lowest BCUT2D eigenvalue weighted by Gasteiger charge is -2.21. The normalized spacial score (nSPS) is 13.1. The molecule has 0 heterocycles. The van der Waals surface area contributed by atoms with Crippen molar-refractivity contribution in [1.29, 1.82) is 0 Å². The molecule has 7 heteroatoms. The van der Waals surface area contributed by atoms with E-state index in [1.807, 2.05) is 13.8 Å². The first-order valence-corrected chi connectivity index (χ1v) is 7.60. The number of benzene rings is 1. The van der Waals surface area contributed by atoms with Crippen LogP contribution in [0.1, 0.15) is 20.3 Å². The van der Waals surface area contributed by atoms with Crippen LogP contribution in [0.2, 0.25) is 10.0 Å². The Kier molecular flexibility index (Phi) is 7.48. The van der Waals surface area contributed by atoms with E-state index in [2.05, 4.69) is 5.32 Å². The minimum Gasteiger partial charge on any atom is -0.482 e. The maximum Gasteiger partial charge on any atom is 0.328 e. The zero-order valence-electron chi connectivity index (χ0n) is 12.7. The lowest BCUT2D eigenvalue weighted by atomic mass is 9.99. The Morgan fingerprint density at radius 2 is 2.00 bits per heavy atom. The van der Waals surface area contributed by atoms with E-state index in [9.17, 15) is 9.59 Å². The van der Waals surface area contributed by atoms with Gasteiger partial charge in [-0.15, -0.1) is 0 Å². The van der Waals surface area contributed by atoms with Gasteiger partial charge in [-0.2, -0.15) is 0 Å². The Morgan fingerprint density at radius 1 is 1.32 bits per heavy atom. The molecule has 122 valence electrons. The molecule has 5 nitrogen and oxygen atoms in total. The number of methoxy groups -OCH3 is 1. The summed E-state index contributed by atoms with van der Waals surface area (Å²) >= 11 is 11.8. The van der Waals surface area contributed by atoms with Gasteiger partial charge in [0.05, 0.1) is 12.1 Å². The number of esters is 1. The van der Waals surface area contributed by atoms with E-state index < -0.39 is 17.9 Å². The molecule has 1 rings (SSSR count). The molecule has 0 radical (unpaired) electrons. The van der Waals surface area contributed by atoms with Crippen LogP contribution in [0.3, 0.4) is 0 Å². The molecular formula is C15H19Cl2NO4. The predicted molar refractivity (Wildman–Crippen MR) is 85.4 cm³/mol. The quantitative estimate of drug-likeness (QED) is 0.769. The smallest absolute Gasteiger partial charge is 0.328 e. The van der Waals surface area contributed by atoms with E-state index in [4.69, 9.17) is 32.7 Å². The van der Waals surface area contributed by atoms with Crippen LogP contribution in [-0.4, -0.2) is 31.6 Å². The zero-order valence-corrected chi connectivity index (χ0v) is 14.2. The van der Waals surface area contributed by atoms with Gasteiger partial charge in [0.25, 0.3) is 5.91 Å². The summed E-state index contributed by atoms with van der Waals surface area (Å²) in [5.74, 6) is -0.663. The third kappa shape index (κ3) is 5.07. The second kappa shape index (κ2) is 8.86. The first kappa shape index (κ1) is 18.6. The van der Waals surface area contributed by atoms with Gasteiger partial charge < -0.3 is 14.8 Å². The van der Waals surface area contributed by atoms with Crippen LogP contribution in [-0.2, 0) is 14.3 Å². The number of amides is 1. The molecule has 1 aromatic carbocycles. The van der Waals surface area contributed by atoms with Crippen molar-refractivity contribution in [2.24, 2.45) is 5.92 Å². The molecule has 0 fully saturated rings. The van der Waals surface area contributed by atoms with Crippen molar-refractivity contribution >= 4 is 35.1 Å². The molecule has 0 spiro atoms. The summed E-state index contributed by atoms with van der Waals surface area (Å²) in [6.45, 7) is 3.51. The largest absolute Gasteiger partial charge is 0.482 e. The summed E-state index contributed by atoms with van der Waals surface area (Å²) in [5.41, 5.74) is 0. The Bertz CT molecular complexity index is 536. The van der Waals surface area contributed by atoms with E-state index in [0.717, 1.165) is 6.42 Å². The fourth-order valence-corrected chi connectivity index (χ4v) is 2.10. The van der Waals surface area contributed by atoms with Gasteiger partial charge in [-0.05, 0) is 18.1 Å². The number of carbonyl (C=O) groups excluding carboxylic acids is 2. The average molecular weight is 348 g/mol. The van der Waals surface area contributed by atoms with Crippen LogP contribution >= 0.6 is 23.2 Å². The van der Waals surface area contributed by atoms with Gasteiger partial charge in [0.15, 0.2) is 6.61 Å². The minimum absolute atomic E-state index is 0.0499. The molecule has 22 heavy (non-hydrogen) atoms.